The maximum atomic E-state index is 14.6. The summed E-state index contributed by atoms with van der Waals surface area (Å²) in [6.45, 7) is 16.3. The van der Waals surface area contributed by atoms with E-state index in [-0.39, 0.29) is 11.7 Å². The van der Waals surface area contributed by atoms with E-state index >= 15 is 0 Å². The molecule has 0 radical (unpaired) electrons. The van der Waals surface area contributed by atoms with Gasteiger partial charge in [0.05, 0.1) is 0 Å². The van der Waals surface area contributed by atoms with Crippen molar-refractivity contribution in [3.63, 3.8) is 0 Å². The van der Waals surface area contributed by atoms with Crippen molar-refractivity contribution in [2.45, 2.75) is 53.9 Å². The number of hydrogen-bond acceptors (Lipinski definition) is 0. The van der Waals surface area contributed by atoms with Gasteiger partial charge in [0.15, 0.2) is 0 Å². The van der Waals surface area contributed by atoms with Crippen LogP contribution < -0.4 is 0 Å². The minimum absolute atomic E-state index is 0.0788. The maximum absolute atomic E-state index is 14.6. The van der Waals surface area contributed by atoms with Gasteiger partial charge in [0.2, 0.25) is 0 Å². The molecule has 0 aromatic heterocycles. The molecule has 2 aromatic carbocycles. The van der Waals surface area contributed by atoms with Gasteiger partial charge >= 0.3 is 0 Å². The molecule has 0 fully saturated rings. The lowest BCUT2D eigenvalue weighted by Crippen LogP contribution is -2.02. The highest BCUT2D eigenvalue weighted by Gasteiger charge is 2.17. The molecule has 0 saturated carbocycles. The Morgan fingerprint density at radius 1 is 1.00 bits per heavy atom. The van der Waals surface area contributed by atoms with Crippen molar-refractivity contribution in [2.75, 3.05) is 0 Å². The average Bonchev–Trinajstić information content (AvgIpc) is 2.40. The summed E-state index contributed by atoms with van der Waals surface area (Å²) in [6, 6.07) is 8.38. The Balaban J connectivity index is 2.62. The first-order valence-electron chi connectivity index (χ1n) is 8.23. The van der Waals surface area contributed by atoms with Crippen LogP contribution in [0.15, 0.2) is 36.4 Å². The minimum Gasteiger partial charge on any atom is -0.206 e. The molecule has 2 aromatic rings. The molecule has 23 heavy (non-hydrogen) atoms. The smallest absolute Gasteiger partial charge is 0.129 e. The summed E-state index contributed by atoms with van der Waals surface area (Å²) >= 11 is 0. The molecule has 0 N–H and O–H groups in total. The van der Waals surface area contributed by atoms with E-state index in [0.717, 1.165) is 23.1 Å². The van der Waals surface area contributed by atoms with Crippen LogP contribution in [-0.2, 0) is 0 Å². The molecule has 0 spiro atoms. The molecule has 0 nitrogen and oxygen atoms in total. The van der Waals surface area contributed by atoms with Gasteiger partial charge in [-0.1, -0.05) is 30.2 Å². The molecular weight excluding hydrogens is 283 g/mol. The Bertz CT molecular complexity index is 730. The summed E-state index contributed by atoms with van der Waals surface area (Å²) in [5.41, 5.74) is 8.68. The molecule has 0 saturated heterocycles. The van der Waals surface area contributed by atoms with E-state index in [9.17, 15) is 4.39 Å². The fraction of sp³-hybridized carbons (Fsp3) is 0.364. The summed E-state index contributed by atoms with van der Waals surface area (Å²) in [7, 11) is 0. The molecule has 122 valence electrons. The van der Waals surface area contributed by atoms with Crippen LogP contribution in [0.5, 0.6) is 0 Å². The van der Waals surface area contributed by atoms with Crippen LogP contribution in [0, 0.1) is 33.5 Å². The lowest BCUT2D eigenvalue weighted by atomic mass is 9.87. The number of allylic oxidation sites excluding steroid dienone is 1. The van der Waals surface area contributed by atoms with Crippen molar-refractivity contribution in [1.29, 1.82) is 0 Å². The summed E-state index contributed by atoms with van der Waals surface area (Å²) < 4.78 is 14.6. The highest BCUT2D eigenvalue weighted by atomic mass is 19.1. The number of aryl methyl sites for hydroxylation is 4. The number of hydrogen-bond donors (Lipinski definition) is 0. The standard InChI is InChI=1S/C22H27F/c1-13(2)8-15(4)20-12-19(11-18(7)22(20)23)21-16(5)9-14(3)10-17(21)6/h9-12,15H,1,8H2,2-7H3/t15-/m0/s1. The quantitative estimate of drug-likeness (QED) is 0.545. The van der Waals surface area contributed by atoms with Crippen molar-refractivity contribution in [2.24, 2.45) is 0 Å². The van der Waals surface area contributed by atoms with Crippen LogP contribution in [0.25, 0.3) is 11.1 Å². The zero-order chi connectivity index (χ0) is 17.3. The van der Waals surface area contributed by atoms with Gasteiger partial charge in [-0.15, -0.1) is 6.58 Å². The predicted molar refractivity (Wildman–Crippen MR) is 98.6 cm³/mol. The van der Waals surface area contributed by atoms with E-state index in [0.29, 0.717) is 5.56 Å². The van der Waals surface area contributed by atoms with Gasteiger partial charge in [0.25, 0.3) is 0 Å². The average molecular weight is 310 g/mol. The van der Waals surface area contributed by atoms with Crippen LogP contribution in [-0.4, -0.2) is 0 Å². The third kappa shape index (κ3) is 3.72. The van der Waals surface area contributed by atoms with Crippen molar-refractivity contribution in [1.82, 2.24) is 0 Å². The van der Waals surface area contributed by atoms with E-state index in [1.807, 2.05) is 26.0 Å². The van der Waals surface area contributed by atoms with Gasteiger partial charge in [-0.25, -0.2) is 4.39 Å². The second-order valence-corrected chi connectivity index (χ2v) is 7.03. The van der Waals surface area contributed by atoms with Crippen molar-refractivity contribution >= 4 is 0 Å². The molecule has 0 amide bonds. The molecule has 1 atom stereocenters. The summed E-state index contributed by atoms with van der Waals surface area (Å²) in [5, 5.41) is 0. The number of rotatable bonds is 4. The maximum Gasteiger partial charge on any atom is 0.129 e. The molecular formula is C22H27F. The van der Waals surface area contributed by atoms with Gasteiger partial charge in [-0.05, 0) is 92.5 Å². The second-order valence-electron chi connectivity index (χ2n) is 7.03. The van der Waals surface area contributed by atoms with Crippen LogP contribution in [0.1, 0.15) is 54.0 Å². The molecule has 0 heterocycles. The highest BCUT2D eigenvalue weighted by Crippen LogP contribution is 2.34. The fourth-order valence-electron chi connectivity index (χ4n) is 3.57. The van der Waals surface area contributed by atoms with E-state index < -0.39 is 0 Å². The largest absolute Gasteiger partial charge is 0.206 e. The van der Waals surface area contributed by atoms with Crippen LogP contribution in [0.2, 0.25) is 0 Å². The fourth-order valence-corrected chi connectivity index (χ4v) is 3.57. The minimum atomic E-state index is -0.0788. The Morgan fingerprint density at radius 2 is 1.57 bits per heavy atom. The first-order chi connectivity index (χ1) is 10.7. The van der Waals surface area contributed by atoms with Crippen LogP contribution >= 0.6 is 0 Å². The van der Waals surface area contributed by atoms with Gasteiger partial charge in [0.1, 0.15) is 5.82 Å². The van der Waals surface area contributed by atoms with Gasteiger partial charge in [0, 0.05) is 0 Å². The number of benzene rings is 2. The Labute approximate surface area is 140 Å². The highest BCUT2D eigenvalue weighted by molar-refractivity contribution is 5.72. The Kier molecular flexibility index (Phi) is 5.09. The predicted octanol–water partition coefficient (Wildman–Crippen LogP) is 6.80. The van der Waals surface area contributed by atoms with Crippen LogP contribution in [0.3, 0.4) is 0 Å². The summed E-state index contributed by atoms with van der Waals surface area (Å²) in [4.78, 5) is 0. The van der Waals surface area contributed by atoms with Crippen molar-refractivity contribution in [3.8, 4) is 11.1 Å². The topological polar surface area (TPSA) is 0 Å². The first-order valence-corrected chi connectivity index (χ1v) is 8.23. The Morgan fingerprint density at radius 3 is 2.09 bits per heavy atom. The molecule has 0 unspecified atom stereocenters. The van der Waals surface area contributed by atoms with Gasteiger partial charge < -0.3 is 0 Å². The zero-order valence-electron chi connectivity index (χ0n) is 15.2. The second kappa shape index (κ2) is 6.70. The van der Waals surface area contributed by atoms with E-state index in [1.54, 1.807) is 0 Å². The van der Waals surface area contributed by atoms with Gasteiger partial charge in [-0.3, -0.25) is 0 Å². The Hall–Kier alpha value is -1.89. The lowest BCUT2D eigenvalue weighted by molar-refractivity contribution is 0.579. The third-order valence-corrected chi connectivity index (χ3v) is 4.43. The monoisotopic (exact) mass is 310 g/mol. The third-order valence-electron chi connectivity index (χ3n) is 4.43. The van der Waals surface area contributed by atoms with Gasteiger partial charge in [-0.2, -0.15) is 0 Å². The molecule has 1 heteroatoms. The molecule has 0 aliphatic rings. The number of halogens is 1. The molecule has 2 rings (SSSR count). The van der Waals surface area contributed by atoms with E-state index in [1.165, 1.54) is 22.3 Å². The zero-order valence-corrected chi connectivity index (χ0v) is 15.2. The van der Waals surface area contributed by atoms with Crippen molar-refractivity contribution in [3.05, 3.63) is 70.1 Å². The first kappa shape index (κ1) is 17.5. The molecule has 0 aliphatic carbocycles. The summed E-state index contributed by atoms with van der Waals surface area (Å²) in [5.74, 6) is 0.0575. The molecule has 0 aliphatic heterocycles. The normalized spacial score (nSPS) is 12.3. The molecule has 0 bridgehead atoms. The van der Waals surface area contributed by atoms with Crippen molar-refractivity contribution < 1.29 is 4.39 Å². The SMILES string of the molecule is C=C(C)C[C@H](C)c1cc(-c2c(C)cc(C)cc2C)cc(C)c1F. The van der Waals surface area contributed by atoms with E-state index in [4.69, 9.17) is 0 Å². The lowest BCUT2D eigenvalue weighted by Gasteiger charge is -2.18. The summed E-state index contributed by atoms with van der Waals surface area (Å²) in [6.07, 6.45) is 0.811. The van der Waals surface area contributed by atoms with Crippen LogP contribution in [0.4, 0.5) is 4.39 Å². The van der Waals surface area contributed by atoms with E-state index in [2.05, 4.69) is 46.4 Å².